The Hall–Kier alpha value is -1.88. The number of allylic oxidation sites excluding steroid dienone is 4. The molecule has 26 heavy (non-hydrogen) atoms. The van der Waals surface area contributed by atoms with Crippen LogP contribution in [0, 0.1) is 17.8 Å². The Kier molecular flexibility index (Phi) is 4.51. The van der Waals surface area contributed by atoms with E-state index in [1.54, 1.807) is 34.0 Å². The molecule has 0 spiro atoms. The summed E-state index contributed by atoms with van der Waals surface area (Å²) in [6.45, 7) is 1.13. The SMILES string of the molecule is COC1=CC2CC3C4=C(C(OC)=C(OC)CC4CCN3C)C2C=C1OC. The van der Waals surface area contributed by atoms with Crippen molar-refractivity contribution in [3.05, 3.63) is 46.3 Å². The van der Waals surface area contributed by atoms with Crippen molar-refractivity contribution in [2.24, 2.45) is 17.8 Å². The molecule has 4 atom stereocenters. The topological polar surface area (TPSA) is 40.2 Å². The van der Waals surface area contributed by atoms with Crippen LogP contribution in [0.4, 0.5) is 0 Å². The summed E-state index contributed by atoms with van der Waals surface area (Å²) in [5.74, 6) is 4.70. The van der Waals surface area contributed by atoms with Crippen molar-refractivity contribution >= 4 is 0 Å². The maximum absolute atomic E-state index is 5.89. The average molecular weight is 359 g/mol. The highest BCUT2D eigenvalue weighted by Crippen LogP contribution is 2.53. The van der Waals surface area contributed by atoms with Crippen LogP contribution in [0.2, 0.25) is 0 Å². The lowest BCUT2D eigenvalue weighted by molar-refractivity contribution is 0.123. The van der Waals surface area contributed by atoms with E-state index in [0.29, 0.717) is 17.9 Å². The van der Waals surface area contributed by atoms with E-state index in [-0.39, 0.29) is 5.92 Å². The van der Waals surface area contributed by atoms with E-state index in [0.717, 1.165) is 42.4 Å². The smallest absolute Gasteiger partial charge is 0.160 e. The van der Waals surface area contributed by atoms with E-state index in [9.17, 15) is 0 Å². The largest absolute Gasteiger partial charge is 0.497 e. The molecule has 3 aliphatic carbocycles. The van der Waals surface area contributed by atoms with Gasteiger partial charge in [-0.3, -0.25) is 4.90 Å². The van der Waals surface area contributed by atoms with Gasteiger partial charge in [0.05, 0.1) is 28.4 Å². The third kappa shape index (κ3) is 2.48. The molecule has 1 aliphatic heterocycles. The van der Waals surface area contributed by atoms with Gasteiger partial charge in [-0.15, -0.1) is 0 Å². The maximum Gasteiger partial charge on any atom is 0.160 e. The van der Waals surface area contributed by atoms with Gasteiger partial charge in [0.2, 0.25) is 0 Å². The van der Waals surface area contributed by atoms with Crippen LogP contribution in [-0.2, 0) is 18.9 Å². The molecule has 0 bridgehead atoms. The number of hydrogen-bond acceptors (Lipinski definition) is 5. The molecule has 0 N–H and O–H groups in total. The van der Waals surface area contributed by atoms with Gasteiger partial charge in [0, 0.05) is 24.0 Å². The highest BCUT2D eigenvalue weighted by Gasteiger charge is 2.47. The molecule has 1 fully saturated rings. The second-order valence-corrected chi connectivity index (χ2v) is 7.61. The summed E-state index contributed by atoms with van der Waals surface area (Å²) in [4.78, 5) is 2.50. The zero-order valence-electron chi connectivity index (χ0n) is 16.4. The van der Waals surface area contributed by atoms with Crippen LogP contribution >= 0.6 is 0 Å². The Morgan fingerprint density at radius 2 is 1.69 bits per heavy atom. The normalized spacial score (nSPS) is 33.7. The van der Waals surface area contributed by atoms with Gasteiger partial charge in [-0.1, -0.05) is 0 Å². The van der Waals surface area contributed by atoms with Gasteiger partial charge in [-0.25, -0.2) is 0 Å². The fourth-order valence-corrected chi connectivity index (χ4v) is 5.30. The zero-order chi connectivity index (χ0) is 18.4. The van der Waals surface area contributed by atoms with Crippen molar-refractivity contribution < 1.29 is 18.9 Å². The molecular formula is C21H29NO4. The van der Waals surface area contributed by atoms with Crippen LogP contribution < -0.4 is 0 Å². The lowest BCUT2D eigenvalue weighted by Crippen LogP contribution is -2.49. The number of hydrogen-bond donors (Lipinski definition) is 0. The number of likely N-dealkylation sites (tertiary alicyclic amines) is 1. The molecule has 0 aromatic rings. The summed E-state index contributed by atoms with van der Waals surface area (Å²) in [6, 6.07) is 0.459. The van der Waals surface area contributed by atoms with Crippen LogP contribution in [-0.4, -0.2) is 53.0 Å². The zero-order valence-corrected chi connectivity index (χ0v) is 16.4. The predicted octanol–water partition coefficient (Wildman–Crippen LogP) is 3.22. The first kappa shape index (κ1) is 17.5. The van der Waals surface area contributed by atoms with Crippen LogP contribution in [0.15, 0.2) is 46.3 Å². The fraction of sp³-hybridized carbons (Fsp3) is 0.619. The molecule has 0 aromatic heterocycles. The monoisotopic (exact) mass is 359 g/mol. The molecule has 142 valence electrons. The lowest BCUT2D eigenvalue weighted by atomic mass is 9.63. The van der Waals surface area contributed by atoms with E-state index in [1.165, 1.54) is 12.0 Å². The van der Waals surface area contributed by atoms with Crippen LogP contribution in [0.1, 0.15) is 19.3 Å². The highest BCUT2D eigenvalue weighted by atomic mass is 16.5. The van der Waals surface area contributed by atoms with Crippen molar-refractivity contribution in [1.82, 2.24) is 4.90 Å². The molecule has 1 heterocycles. The van der Waals surface area contributed by atoms with E-state index in [4.69, 9.17) is 18.9 Å². The summed E-state index contributed by atoms with van der Waals surface area (Å²) in [6.07, 6.45) is 7.67. The summed E-state index contributed by atoms with van der Waals surface area (Å²) in [5.41, 5.74) is 2.87. The number of nitrogens with zero attached hydrogens (tertiary/aromatic N) is 1. The summed E-state index contributed by atoms with van der Waals surface area (Å²) < 4.78 is 22.8. The molecule has 5 nitrogen and oxygen atoms in total. The number of likely N-dealkylation sites (N-methyl/N-ethyl adjacent to an activating group) is 1. The number of piperidine rings is 1. The third-order valence-corrected chi connectivity index (χ3v) is 6.52. The standard InChI is InChI=1S/C21H29NO4/c1-22-7-6-12-9-18(25-4)21(26-5)20-14-11-17(24-3)16(23-2)10-13(14)8-15(22)19(12)20/h10-15H,6-9H2,1-5H3. The van der Waals surface area contributed by atoms with E-state index < -0.39 is 0 Å². The first-order valence-corrected chi connectivity index (χ1v) is 9.40. The number of rotatable bonds is 4. The maximum atomic E-state index is 5.89. The number of fused-ring (bicyclic) bond motifs is 2. The Morgan fingerprint density at radius 3 is 2.35 bits per heavy atom. The second kappa shape index (κ2) is 6.69. The summed E-state index contributed by atoms with van der Waals surface area (Å²) in [5, 5.41) is 0. The molecule has 0 aromatic carbocycles. The molecule has 4 unspecified atom stereocenters. The number of methoxy groups -OCH3 is 4. The lowest BCUT2D eigenvalue weighted by Gasteiger charge is -2.50. The van der Waals surface area contributed by atoms with E-state index in [2.05, 4.69) is 24.1 Å². The third-order valence-electron chi connectivity index (χ3n) is 6.52. The Morgan fingerprint density at radius 1 is 0.962 bits per heavy atom. The predicted molar refractivity (Wildman–Crippen MR) is 99.0 cm³/mol. The van der Waals surface area contributed by atoms with Gasteiger partial charge in [-0.05, 0) is 56.0 Å². The Balaban J connectivity index is 1.89. The molecular weight excluding hydrogens is 330 g/mol. The van der Waals surface area contributed by atoms with Gasteiger partial charge >= 0.3 is 0 Å². The molecule has 4 aliphatic rings. The van der Waals surface area contributed by atoms with Crippen LogP contribution in [0.5, 0.6) is 0 Å². The molecule has 5 heteroatoms. The van der Waals surface area contributed by atoms with E-state index >= 15 is 0 Å². The second-order valence-electron chi connectivity index (χ2n) is 7.61. The molecule has 0 saturated carbocycles. The molecule has 0 radical (unpaired) electrons. The van der Waals surface area contributed by atoms with Gasteiger partial charge in [0.1, 0.15) is 5.76 Å². The van der Waals surface area contributed by atoms with Crippen LogP contribution in [0.25, 0.3) is 0 Å². The van der Waals surface area contributed by atoms with Crippen LogP contribution in [0.3, 0.4) is 0 Å². The van der Waals surface area contributed by atoms with Crippen molar-refractivity contribution in [2.75, 3.05) is 42.0 Å². The minimum atomic E-state index is 0.240. The quantitative estimate of drug-likeness (QED) is 0.771. The molecule has 4 rings (SSSR count). The van der Waals surface area contributed by atoms with Crippen molar-refractivity contribution in [1.29, 1.82) is 0 Å². The molecule has 0 amide bonds. The average Bonchev–Trinajstić information content (AvgIpc) is 2.68. The molecule has 1 saturated heterocycles. The first-order valence-electron chi connectivity index (χ1n) is 9.40. The van der Waals surface area contributed by atoms with Gasteiger partial charge < -0.3 is 18.9 Å². The summed E-state index contributed by atoms with van der Waals surface area (Å²) in [7, 11) is 9.17. The minimum Gasteiger partial charge on any atom is -0.497 e. The van der Waals surface area contributed by atoms with Crippen molar-refractivity contribution in [3.8, 4) is 0 Å². The van der Waals surface area contributed by atoms with E-state index in [1.807, 2.05) is 0 Å². The Labute approximate surface area is 155 Å². The number of ether oxygens (including phenoxy) is 4. The van der Waals surface area contributed by atoms with Crippen molar-refractivity contribution in [2.45, 2.75) is 25.3 Å². The summed E-state index contributed by atoms with van der Waals surface area (Å²) >= 11 is 0. The fourth-order valence-electron chi connectivity index (χ4n) is 5.30. The Bertz CT molecular complexity index is 718. The van der Waals surface area contributed by atoms with Gasteiger partial charge in [-0.2, -0.15) is 0 Å². The van der Waals surface area contributed by atoms with Crippen molar-refractivity contribution in [3.63, 3.8) is 0 Å². The van der Waals surface area contributed by atoms with Gasteiger partial charge in [0.25, 0.3) is 0 Å². The highest BCUT2D eigenvalue weighted by molar-refractivity contribution is 5.50. The first-order chi connectivity index (χ1) is 12.6. The minimum absolute atomic E-state index is 0.240. The van der Waals surface area contributed by atoms with Gasteiger partial charge in [0.15, 0.2) is 17.3 Å².